The molecule has 0 aromatic carbocycles. The van der Waals surface area contributed by atoms with Crippen LogP contribution in [0.25, 0.3) is 0 Å². The van der Waals surface area contributed by atoms with Crippen molar-refractivity contribution in [2.24, 2.45) is 0 Å². The molecule has 2 aromatic rings. The summed E-state index contributed by atoms with van der Waals surface area (Å²) in [5, 5.41) is 3.82. The van der Waals surface area contributed by atoms with E-state index in [2.05, 4.69) is 20.0 Å². The van der Waals surface area contributed by atoms with Crippen molar-refractivity contribution in [1.29, 1.82) is 0 Å². The Balaban J connectivity index is 1.52. The molecule has 1 saturated heterocycles. The van der Waals surface area contributed by atoms with Crippen LogP contribution in [0.2, 0.25) is 0 Å². The highest BCUT2D eigenvalue weighted by Crippen LogP contribution is 2.18. The van der Waals surface area contributed by atoms with Gasteiger partial charge in [-0.15, -0.1) is 0 Å². The summed E-state index contributed by atoms with van der Waals surface area (Å²) in [4.78, 5) is 10.1. The molecule has 1 unspecified atom stereocenters. The van der Waals surface area contributed by atoms with Crippen molar-refractivity contribution in [1.82, 2.24) is 20.0 Å². The van der Waals surface area contributed by atoms with Gasteiger partial charge in [-0.1, -0.05) is 5.16 Å². The summed E-state index contributed by atoms with van der Waals surface area (Å²) in [5.74, 6) is 0.847. The minimum Gasteiger partial charge on any atom is -0.369 e. The van der Waals surface area contributed by atoms with Gasteiger partial charge >= 0.3 is 0 Å². The average Bonchev–Trinajstić information content (AvgIpc) is 2.94. The molecule has 1 aliphatic heterocycles. The van der Waals surface area contributed by atoms with Gasteiger partial charge in [0.05, 0.1) is 12.3 Å². The monoisotopic (exact) mass is 306 g/mol. The van der Waals surface area contributed by atoms with Crippen molar-refractivity contribution >= 4 is 0 Å². The van der Waals surface area contributed by atoms with Gasteiger partial charge in [0, 0.05) is 31.8 Å². The third kappa shape index (κ3) is 3.86. The fourth-order valence-electron chi connectivity index (χ4n) is 2.66. The maximum Gasteiger partial charge on any atom is 0.223 e. The Bertz CT molecular complexity index is 619. The molecule has 0 N–H and O–H groups in total. The third-order valence-electron chi connectivity index (χ3n) is 3.73. The number of halogens is 1. The van der Waals surface area contributed by atoms with E-state index in [1.807, 2.05) is 0 Å². The van der Waals surface area contributed by atoms with Crippen molar-refractivity contribution < 1.29 is 13.7 Å². The molecule has 7 heteroatoms. The van der Waals surface area contributed by atoms with Crippen LogP contribution in [-0.4, -0.2) is 39.2 Å². The van der Waals surface area contributed by atoms with E-state index in [4.69, 9.17) is 9.26 Å². The quantitative estimate of drug-likeness (QED) is 0.843. The zero-order chi connectivity index (χ0) is 15.4. The van der Waals surface area contributed by atoms with Gasteiger partial charge in [-0.05, 0) is 25.5 Å². The molecule has 0 aliphatic carbocycles. The molecule has 118 valence electrons. The smallest absolute Gasteiger partial charge is 0.223 e. The summed E-state index contributed by atoms with van der Waals surface area (Å²) in [7, 11) is 0. The first-order valence-corrected chi connectivity index (χ1v) is 7.42. The van der Waals surface area contributed by atoms with E-state index >= 15 is 0 Å². The molecule has 0 amide bonds. The van der Waals surface area contributed by atoms with Gasteiger partial charge in [0.25, 0.3) is 0 Å². The van der Waals surface area contributed by atoms with Crippen molar-refractivity contribution in [3.05, 3.63) is 41.6 Å². The van der Waals surface area contributed by atoms with Crippen LogP contribution in [-0.2, 0) is 17.9 Å². The third-order valence-corrected chi connectivity index (χ3v) is 3.73. The largest absolute Gasteiger partial charge is 0.369 e. The molecule has 1 atom stereocenters. The van der Waals surface area contributed by atoms with E-state index in [1.54, 1.807) is 19.2 Å². The number of hydrogen-bond donors (Lipinski definition) is 0. The summed E-state index contributed by atoms with van der Waals surface area (Å²) in [6, 6.07) is 1.72. The van der Waals surface area contributed by atoms with Crippen molar-refractivity contribution in [3.63, 3.8) is 0 Å². The Morgan fingerprint density at radius 1 is 1.50 bits per heavy atom. The number of rotatable bonds is 5. The maximum atomic E-state index is 13.7. The Kier molecular flexibility index (Phi) is 4.74. The number of ether oxygens (including phenoxy) is 1. The molecular formula is C15H19FN4O2. The second kappa shape index (κ2) is 6.93. The second-order valence-electron chi connectivity index (χ2n) is 5.51. The van der Waals surface area contributed by atoms with Gasteiger partial charge in [0.2, 0.25) is 5.89 Å². The van der Waals surface area contributed by atoms with Gasteiger partial charge in [-0.3, -0.25) is 9.88 Å². The molecule has 2 aromatic heterocycles. The number of hydrogen-bond acceptors (Lipinski definition) is 6. The summed E-state index contributed by atoms with van der Waals surface area (Å²) in [6.07, 6.45) is 5.01. The predicted octanol–water partition coefficient (Wildman–Crippen LogP) is 2.09. The van der Waals surface area contributed by atoms with Crippen LogP contribution in [0.15, 0.2) is 23.0 Å². The standard InChI is InChI=1S/C15H19FN4O2/c1-11-18-15(19-22-11)10-21-13-3-2-6-20(9-13)8-12-4-5-17-7-14(12)16/h4-5,7,13H,2-3,6,8-10H2,1H3. The zero-order valence-corrected chi connectivity index (χ0v) is 12.5. The van der Waals surface area contributed by atoms with E-state index in [-0.39, 0.29) is 11.9 Å². The maximum absolute atomic E-state index is 13.7. The minimum atomic E-state index is -0.257. The SMILES string of the molecule is Cc1nc(COC2CCCN(Cc3ccncc3F)C2)no1. The summed E-state index contributed by atoms with van der Waals surface area (Å²) < 4.78 is 24.4. The van der Waals surface area contributed by atoms with Crippen LogP contribution in [0.5, 0.6) is 0 Å². The van der Waals surface area contributed by atoms with Gasteiger partial charge in [0.15, 0.2) is 5.82 Å². The predicted molar refractivity (Wildman–Crippen MR) is 76.3 cm³/mol. The molecule has 0 saturated carbocycles. The first kappa shape index (κ1) is 15.1. The molecule has 22 heavy (non-hydrogen) atoms. The Hall–Kier alpha value is -1.86. The minimum absolute atomic E-state index is 0.109. The lowest BCUT2D eigenvalue weighted by atomic mass is 10.1. The summed E-state index contributed by atoms with van der Waals surface area (Å²) in [5.41, 5.74) is 0.671. The Morgan fingerprint density at radius 3 is 3.18 bits per heavy atom. The Labute approximate surface area is 128 Å². The lowest BCUT2D eigenvalue weighted by Crippen LogP contribution is -2.39. The molecular weight excluding hydrogens is 287 g/mol. The van der Waals surface area contributed by atoms with E-state index in [1.165, 1.54) is 6.20 Å². The lowest BCUT2D eigenvalue weighted by Gasteiger charge is -2.32. The number of aryl methyl sites for hydroxylation is 1. The fourth-order valence-corrected chi connectivity index (χ4v) is 2.66. The summed E-state index contributed by atoms with van der Waals surface area (Å²) >= 11 is 0. The van der Waals surface area contributed by atoms with E-state index in [0.29, 0.717) is 30.4 Å². The highest BCUT2D eigenvalue weighted by atomic mass is 19.1. The van der Waals surface area contributed by atoms with E-state index < -0.39 is 0 Å². The molecule has 1 fully saturated rings. The highest BCUT2D eigenvalue weighted by molar-refractivity contribution is 5.12. The van der Waals surface area contributed by atoms with Crippen LogP contribution in [0.1, 0.15) is 30.1 Å². The molecule has 6 nitrogen and oxygen atoms in total. The van der Waals surface area contributed by atoms with Crippen LogP contribution in [0.4, 0.5) is 4.39 Å². The number of piperidine rings is 1. The number of nitrogens with zero attached hydrogens (tertiary/aromatic N) is 4. The average molecular weight is 306 g/mol. The molecule has 0 bridgehead atoms. The van der Waals surface area contributed by atoms with E-state index in [9.17, 15) is 4.39 Å². The van der Waals surface area contributed by atoms with Gasteiger partial charge < -0.3 is 9.26 Å². The van der Waals surface area contributed by atoms with Crippen LogP contribution in [0.3, 0.4) is 0 Å². The van der Waals surface area contributed by atoms with Crippen LogP contribution < -0.4 is 0 Å². The first-order chi connectivity index (χ1) is 10.7. The van der Waals surface area contributed by atoms with Crippen LogP contribution >= 0.6 is 0 Å². The molecule has 0 radical (unpaired) electrons. The summed E-state index contributed by atoms with van der Waals surface area (Å²) in [6.45, 7) is 4.40. The molecule has 3 heterocycles. The molecule has 0 spiro atoms. The zero-order valence-electron chi connectivity index (χ0n) is 12.5. The Morgan fingerprint density at radius 2 is 2.41 bits per heavy atom. The van der Waals surface area contributed by atoms with Crippen molar-refractivity contribution in [2.45, 2.75) is 39.0 Å². The normalized spacial score (nSPS) is 19.5. The van der Waals surface area contributed by atoms with Gasteiger partial charge in [-0.2, -0.15) is 4.98 Å². The van der Waals surface area contributed by atoms with Crippen molar-refractivity contribution in [3.8, 4) is 0 Å². The molecule has 1 aliphatic rings. The topological polar surface area (TPSA) is 64.3 Å². The highest BCUT2D eigenvalue weighted by Gasteiger charge is 2.22. The number of likely N-dealkylation sites (tertiary alicyclic amines) is 1. The van der Waals surface area contributed by atoms with Gasteiger partial charge in [0.1, 0.15) is 12.4 Å². The second-order valence-corrected chi connectivity index (χ2v) is 5.51. The number of aromatic nitrogens is 3. The first-order valence-electron chi connectivity index (χ1n) is 7.42. The van der Waals surface area contributed by atoms with E-state index in [0.717, 1.165) is 25.9 Å². The molecule has 3 rings (SSSR count). The van der Waals surface area contributed by atoms with Crippen molar-refractivity contribution in [2.75, 3.05) is 13.1 Å². The van der Waals surface area contributed by atoms with Crippen LogP contribution in [0, 0.1) is 12.7 Å². The van der Waals surface area contributed by atoms with Gasteiger partial charge in [-0.25, -0.2) is 4.39 Å². The lowest BCUT2D eigenvalue weighted by molar-refractivity contribution is -0.0153. The fraction of sp³-hybridized carbons (Fsp3) is 0.533. The number of pyridine rings is 1.